The Labute approximate surface area is 737 Å². The highest BCUT2D eigenvalue weighted by Crippen LogP contribution is 2.15. The summed E-state index contributed by atoms with van der Waals surface area (Å²) < 4.78 is 48.4. The van der Waals surface area contributed by atoms with Gasteiger partial charge in [-0.1, -0.05) is 68.2 Å². The Balaban J connectivity index is -0.000000200. The third kappa shape index (κ3) is 72.3. The Hall–Kier alpha value is -6.16. The number of amides is 8. The first-order valence-corrected chi connectivity index (χ1v) is 45.7. The molecule has 2 atom stereocenters. The zero-order valence-electron chi connectivity index (χ0n) is 85.0. The van der Waals surface area contributed by atoms with E-state index in [9.17, 15) is 38.4 Å². The average molecular weight is 1740 g/mol. The zero-order chi connectivity index (χ0) is 94.5. The van der Waals surface area contributed by atoms with Crippen molar-refractivity contribution in [3.05, 3.63) is 0 Å². The van der Waals surface area contributed by atoms with Crippen LogP contribution in [0, 0.1) is 0 Å². The molecule has 0 heterocycles. The van der Waals surface area contributed by atoms with Gasteiger partial charge in [0.15, 0.2) is 0 Å². The number of rotatable bonds is 52. The molecule has 4 N–H and O–H groups in total. The molecule has 0 aromatic heterocycles. The van der Waals surface area contributed by atoms with Crippen LogP contribution < -0.4 is 21.3 Å². The predicted molar refractivity (Wildman–Crippen MR) is 494 cm³/mol. The molecular weight excluding hydrogens is 1540 g/mol. The van der Waals surface area contributed by atoms with Crippen molar-refractivity contribution in [2.45, 2.75) is 189 Å². The molecule has 0 aliphatic heterocycles. The first-order valence-electron chi connectivity index (χ1n) is 45.7. The molecule has 720 valence electrons. The lowest BCUT2D eigenvalue weighted by molar-refractivity contribution is -0.927. The third-order valence-corrected chi connectivity index (χ3v) is 21.9. The first kappa shape index (κ1) is 129. The minimum atomic E-state index is -0.363. The lowest BCUT2D eigenvalue weighted by Gasteiger charge is -2.37. The topological polar surface area (TPSA) is 271 Å². The quantitative estimate of drug-likeness (QED) is 0.0325. The fourth-order valence-corrected chi connectivity index (χ4v) is 13.0. The molecule has 8 amide bonds. The van der Waals surface area contributed by atoms with E-state index < -0.39 is 0 Å². The largest absolute Gasteiger partial charge is 0.444 e. The second-order valence-electron chi connectivity index (χ2n) is 33.7. The van der Waals surface area contributed by atoms with Gasteiger partial charge in [-0.05, 0) is 121 Å². The van der Waals surface area contributed by atoms with Crippen molar-refractivity contribution in [3.63, 3.8) is 0 Å². The molecule has 0 radical (unpaired) electrons. The molecule has 0 saturated heterocycles. The summed E-state index contributed by atoms with van der Waals surface area (Å²) >= 11 is 0. The Bertz CT molecular complexity index is 2440. The van der Waals surface area contributed by atoms with Crippen LogP contribution in [0.1, 0.15) is 189 Å². The molecule has 0 fully saturated rings. The van der Waals surface area contributed by atoms with Crippen molar-refractivity contribution >= 4 is 48.7 Å². The van der Waals surface area contributed by atoms with Gasteiger partial charge in [0.2, 0.25) is 0 Å². The highest BCUT2D eigenvalue weighted by molar-refractivity contribution is 5.69. The molecular formula is C88H200N16O16+8. The van der Waals surface area contributed by atoms with Crippen molar-refractivity contribution < 1.29 is 112 Å². The number of quaternary nitrogens is 8. The number of nitrogens with zero attached hydrogens (tertiary/aromatic N) is 12. The van der Waals surface area contributed by atoms with Crippen molar-refractivity contribution in [1.82, 2.24) is 40.9 Å². The Morgan fingerprint density at radius 2 is 0.358 bits per heavy atom. The van der Waals surface area contributed by atoms with Crippen molar-refractivity contribution in [2.75, 3.05) is 350 Å². The Kier molecular flexibility index (Phi) is 85.0. The normalized spacial score (nSPS) is 12.0. The van der Waals surface area contributed by atoms with Crippen LogP contribution in [-0.2, 0) is 37.9 Å². The number of ether oxygens (including phenoxy) is 8. The van der Waals surface area contributed by atoms with Gasteiger partial charge in [-0.2, -0.15) is 0 Å². The number of hydrogen-bond donors (Lipinski definition) is 4. The summed E-state index contributed by atoms with van der Waals surface area (Å²) in [7, 11) is 32.2. The van der Waals surface area contributed by atoms with Gasteiger partial charge in [0.25, 0.3) is 0 Å². The summed E-state index contributed by atoms with van der Waals surface area (Å²) in [4.78, 5) is 94.0. The summed E-state index contributed by atoms with van der Waals surface area (Å²) in [6.07, 6.45) is 9.62. The Morgan fingerprint density at radius 3 is 0.500 bits per heavy atom. The van der Waals surface area contributed by atoms with Crippen molar-refractivity contribution in [3.8, 4) is 0 Å². The fraction of sp³-hybridized carbons (Fsp3) is 0.909. The van der Waals surface area contributed by atoms with Gasteiger partial charge >= 0.3 is 48.7 Å². The van der Waals surface area contributed by atoms with E-state index in [1.807, 2.05) is 21.1 Å². The van der Waals surface area contributed by atoms with Gasteiger partial charge in [0, 0.05) is 84.6 Å². The second kappa shape index (κ2) is 78.8. The van der Waals surface area contributed by atoms with E-state index in [0.29, 0.717) is 52.9 Å². The summed E-state index contributed by atoms with van der Waals surface area (Å²) in [5, 5.41) is 9.76. The summed E-state index contributed by atoms with van der Waals surface area (Å²) in [6, 6.07) is 0. The molecule has 0 saturated carbocycles. The number of alkyl carbamates (subject to hydrolysis) is 4. The van der Waals surface area contributed by atoms with E-state index in [1.54, 1.807) is 84.6 Å². The highest BCUT2D eigenvalue weighted by Gasteiger charge is 2.29. The van der Waals surface area contributed by atoms with Crippen LogP contribution >= 0.6 is 0 Å². The van der Waals surface area contributed by atoms with E-state index in [-0.39, 0.29) is 48.7 Å². The smallest absolute Gasteiger partial charge is 0.409 e. The van der Waals surface area contributed by atoms with Crippen LogP contribution in [0.2, 0.25) is 0 Å². The second-order valence-corrected chi connectivity index (χ2v) is 33.7. The van der Waals surface area contributed by atoms with Crippen molar-refractivity contribution in [1.29, 1.82) is 0 Å². The van der Waals surface area contributed by atoms with Crippen LogP contribution in [0.15, 0.2) is 0 Å². The monoisotopic (exact) mass is 1740 g/mol. The molecule has 2 unspecified atom stereocenters. The van der Waals surface area contributed by atoms with Crippen LogP contribution in [0.25, 0.3) is 0 Å². The van der Waals surface area contributed by atoms with E-state index in [4.69, 9.17) is 37.9 Å². The summed E-state index contributed by atoms with van der Waals surface area (Å²) in [6.45, 7) is 71.3. The van der Waals surface area contributed by atoms with Gasteiger partial charge in [-0.15, -0.1) is 0 Å². The van der Waals surface area contributed by atoms with E-state index in [2.05, 4.69) is 167 Å². The standard InChI is InChI=1S/C14H31N2O2.C13H29N2O2.C13H28N2O2.C12H26N2O2.C11H25N2O2.C10H22N2O2.C8H19N2O2.C7H16N2O2/c1-6-9-11-16(8-3,10-7-2)12-13-18-14(17)15(4)5;1-6-9-15(8-3,10-7-2)11-12-17-13(16)14(4)5;1-5-8-10-15(7-3,9-6-2)11-12-17-13(16)14-4;1-5-8-14(7-3,9-6-2)10-11-16-12(15)13-4;1-6-13(7-2,8-3)9-10-15-11(14)12(4)5;1-5-12(6-2,7-3)8-9-14-10(13)11-4;1-9(2)8(11)12-7-6-10(3,4)5;1-8-7(10)11-6-5-9(2,3)4/h6-13H2,1-5H3;6-12H2,1-5H3;5-12H2,1-4H3;5-11H2,1-4H3;6-10H2,1-5H3;5-9H2,1-4H3;6-7H2,1-5H3;5-6H2,1-4H3/q2*+1;;;+1;;+1;/p+4. The molecule has 0 spiro atoms. The van der Waals surface area contributed by atoms with Crippen LogP contribution in [0.3, 0.4) is 0 Å². The molecule has 0 aromatic carbocycles. The zero-order valence-corrected chi connectivity index (χ0v) is 85.0. The maximum absolute atomic E-state index is 11.4. The maximum Gasteiger partial charge on any atom is 0.409 e. The molecule has 0 aliphatic rings. The molecule has 32 nitrogen and oxygen atoms in total. The number of carbonyl (C=O) groups is 8. The number of nitrogens with one attached hydrogen (secondary N) is 4. The van der Waals surface area contributed by atoms with Crippen LogP contribution in [-0.4, -0.2) is 454 Å². The fourth-order valence-electron chi connectivity index (χ4n) is 13.0. The number of unbranched alkanes of at least 4 members (excludes halogenated alkanes) is 2. The van der Waals surface area contributed by atoms with E-state index >= 15 is 0 Å². The molecule has 0 bridgehead atoms. The number of hydrogen-bond acceptors (Lipinski definition) is 16. The van der Waals surface area contributed by atoms with E-state index in [0.717, 1.165) is 154 Å². The minimum Gasteiger partial charge on any atom is -0.444 e. The van der Waals surface area contributed by atoms with Gasteiger partial charge < -0.3 is 115 Å². The van der Waals surface area contributed by atoms with Gasteiger partial charge in [0.1, 0.15) is 105 Å². The Morgan fingerprint density at radius 1 is 0.208 bits per heavy atom. The van der Waals surface area contributed by atoms with Crippen LogP contribution in [0.5, 0.6) is 0 Å². The van der Waals surface area contributed by atoms with Gasteiger partial charge in [-0.25, -0.2) is 38.4 Å². The molecule has 120 heavy (non-hydrogen) atoms. The van der Waals surface area contributed by atoms with Crippen molar-refractivity contribution in [2.24, 2.45) is 0 Å². The highest BCUT2D eigenvalue weighted by atomic mass is 16.6. The maximum atomic E-state index is 11.4. The number of carbonyl (C=O) groups excluding carboxylic acids is 8. The molecule has 32 heteroatoms. The first-order chi connectivity index (χ1) is 56.2. The average Bonchev–Trinajstić information content (AvgIpc) is 0.862. The van der Waals surface area contributed by atoms with Crippen LogP contribution in [0.4, 0.5) is 38.4 Å². The third-order valence-electron chi connectivity index (χ3n) is 21.9. The summed E-state index contributed by atoms with van der Waals surface area (Å²) in [5.74, 6) is 0. The van der Waals surface area contributed by atoms with Gasteiger partial charge in [0.05, 0.1) is 160 Å². The molecule has 0 aromatic rings. The van der Waals surface area contributed by atoms with E-state index in [1.165, 1.54) is 136 Å². The molecule has 0 rings (SSSR count). The number of likely N-dealkylation sites (N-methyl/N-ethyl adjacent to an activating group) is 8. The lowest BCUT2D eigenvalue weighted by atomic mass is 10.2. The SMILES string of the molecule is CCCC[N+](CC)(CCC)CCOC(=O)N(C)C.CCCC[N+](CC)(CCC)CCOC(=O)NC.CCC[N+](CC)(CCC)CCOC(=O)N(C)C.CCC[N+](CC)(CCC)CCOC(=O)NC.CC[N+](CC)(CC)CCOC(=O)N(C)C.CC[N+](CC)(CC)CCOC(=O)NC.CN(C)C(=O)OCC[N+](C)(C)C.CNC(=O)OCC[N+](C)(C)C. The summed E-state index contributed by atoms with van der Waals surface area (Å²) in [5.41, 5.74) is 0. The minimum absolute atomic E-state index is 0.240. The van der Waals surface area contributed by atoms with Gasteiger partial charge in [-0.3, -0.25) is 0 Å². The lowest BCUT2D eigenvalue weighted by Crippen LogP contribution is -2.51. The predicted octanol–water partition coefficient (Wildman–Crippen LogP) is 12.7. The molecule has 0 aliphatic carbocycles.